The van der Waals surface area contributed by atoms with E-state index in [-0.39, 0.29) is 36.5 Å². The Morgan fingerprint density at radius 1 is 0.475 bits per heavy atom. The van der Waals surface area contributed by atoms with Gasteiger partial charge in [-0.3, -0.25) is 19.2 Å². The molecule has 0 heterocycles. The van der Waals surface area contributed by atoms with Crippen molar-refractivity contribution >= 4 is 46.4 Å². The highest BCUT2D eigenvalue weighted by Gasteiger charge is 2.10. The van der Waals surface area contributed by atoms with Gasteiger partial charge in [0.2, 0.25) is 11.8 Å². The summed E-state index contributed by atoms with van der Waals surface area (Å²) in [6, 6.07) is 28.1. The van der Waals surface area contributed by atoms with Crippen LogP contribution in [0, 0.1) is 13.8 Å². The number of amides is 4. The van der Waals surface area contributed by atoms with Crippen molar-refractivity contribution in [3.63, 3.8) is 0 Å². The van der Waals surface area contributed by atoms with Crippen molar-refractivity contribution in [2.75, 3.05) is 21.3 Å². The van der Waals surface area contributed by atoms with Crippen molar-refractivity contribution in [2.45, 2.75) is 26.7 Å². The molecule has 0 saturated heterocycles. The second-order valence-electron chi connectivity index (χ2n) is 9.40. The van der Waals surface area contributed by atoms with Crippen molar-refractivity contribution in [3.8, 4) is 0 Å². The second kappa shape index (κ2) is 13.0. The summed E-state index contributed by atoms with van der Waals surface area (Å²) in [6.45, 7) is 3.84. The van der Waals surface area contributed by atoms with Crippen LogP contribution in [0.2, 0.25) is 0 Å². The monoisotopic (exact) mass is 534 g/mol. The molecule has 8 nitrogen and oxygen atoms in total. The largest absolute Gasteiger partial charge is 0.326 e. The van der Waals surface area contributed by atoms with E-state index in [2.05, 4.69) is 21.3 Å². The van der Waals surface area contributed by atoms with E-state index in [1.54, 1.807) is 60.7 Å². The topological polar surface area (TPSA) is 116 Å². The molecule has 0 aliphatic carbocycles. The lowest BCUT2D eigenvalue weighted by molar-refractivity contribution is -0.121. The number of anilines is 4. The van der Waals surface area contributed by atoms with Crippen LogP contribution in [0.15, 0.2) is 97.1 Å². The summed E-state index contributed by atoms with van der Waals surface area (Å²) >= 11 is 0. The van der Waals surface area contributed by atoms with Gasteiger partial charge in [-0.15, -0.1) is 0 Å². The number of carbonyl (C=O) groups excluding carboxylic acids is 4. The third-order valence-electron chi connectivity index (χ3n) is 5.99. The molecular weight excluding hydrogens is 504 g/mol. The molecule has 0 bridgehead atoms. The number of hydrogen-bond acceptors (Lipinski definition) is 4. The highest BCUT2D eigenvalue weighted by Crippen LogP contribution is 2.17. The molecule has 0 spiro atoms. The van der Waals surface area contributed by atoms with Gasteiger partial charge in [0.25, 0.3) is 11.8 Å². The minimum atomic E-state index is -0.305. The number of rotatable bonds is 9. The molecule has 0 unspecified atom stereocenters. The Bertz CT molecular complexity index is 1410. The van der Waals surface area contributed by atoms with Gasteiger partial charge in [-0.25, -0.2) is 0 Å². The van der Waals surface area contributed by atoms with Crippen molar-refractivity contribution in [3.05, 3.63) is 119 Å². The van der Waals surface area contributed by atoms with Crippen molar-refractivity contribution < 1.29 is 19.2 Å². The molecule has 4 aromatic carbocycles. The fourth-order valence-corrected chi connectivity index (χ4v) is 3.93. The van der Waals surface area contributed by atoms with Crippen LogP contribution < -0.4 is 21.3 Å². The number of carbonyl (C=O) groups is 4. The molecule has 4 amide bonds. The highest BCUT2D eigenvalue weighted by molar-refractivity contribution is 6.05. The summed E-state index contributed by atoms with van der Waals surface area (Å²) < 4.78 is 0. The lowest BCUT2D eigenvalue weighted by Gasteiger charge is -2.09. The Labute approximate surface area is 232 Å². The zero-order chi connectivity index (χ0) is 28.5. The Morgan fingerprint density at radius 3 is 1.12 bits per heavy atom. The van der Waals surface area contributed by atoms with Crippen LogP contribution in [0.3, 0.4) is 0 Å². The van der Waals surface area contributed by atoms with Gasteiger partial charge < -0.3 is 21.3 Å². The van der Waals surface area contributed by atoms with E-state index in [1.807, 2.05) is 50.2 Å². The zero-order valence-corrected chi connectivity index (χ0v) is 22.3. The third-order valence-corrected chi connectivity index (χ3v) is 5.99. The first-order valence-electron chi connectivity index (χ1n) is 12.8. The van der Waals surface area contributed by atoms with Crippen LogP contribution in [0.25, 0.3) is 0 Å². The standard InChI is InChI=1S/C32H30N4O4/c1-21-5-3-7-23(19-21)31(39)35-27-13-9-25(10-14-27)33-29(37)17-18-30(38)34-26-11-15-28(16-12-26)36-32(40)24-8-4-6-22(2)20-24/h3-16,19-20H,17-18H2,1-2H3,(H,33,37)(H,34,38)(H,35,39)(H,36,40). The van der Waals surface area contributed by atoms with Gasteiger partial charge >= 0.3 is 0 Å². The fourth-order valence-electron chi connectivity index (χ4n) is 3.93. The van der Waals surface area contributed by atoms with Gasteiger partial charge in [-0.05, 0) is 86.6 Å². The maximum Gasteiger partial charge on any atom is 0.255 e. The first-order valence-corrected chi connectivity index (χ1v) is 12.8. The van der Waals surface area contributed by atoms with Gasteiger partial charge in [0.1, 0.15) is 0 Å². The zero-order valence-electron chi connectivity index (χ0n) is 22.3. The molecule has 4 rings (SSSR count). The van der Waals surface area contributed by atoms with Crippen molar-refractivity contribution in [2.24, 2.45) is 0 Å². The molecule has 0 aromatic heterocycles. The van der Waals surface area contributed by atoms with Gasteiger partial charge in [-0.1, -0.05) is 35.4 Å². The summed E-state index contributed by atoms with van der Waals surface area (Å²) in [5, 5.41) is 11.2. The van der Waals surface area contributed by atoms with Crippen LogP contribution in [0.5, 0.6) is 0 Å². The van der Waals surface area contributed by atoms with Crippen LogP contribution in [0.4, 0.5) is 22.7 Å². The third kappa shape index (κ3) is 8.13. The average molecular weight is 535 g/mol. The van der Waals surface area contributed by atoms with Gasteiger partial charge in [0.05, 0.1) is 0 Å². The molecule has 4 aromatic rings. The van der Waals surface area contributed by atoms with Crippen molar-refractivity contribution in [1.29, 1.82) is 0 Å². The lowest BCUT2D eigenvalue weighted by atomic mass is 10.1. The average Bonchev–Trinajstić information content (AvgIpc) is 2.94. The molecule has 0 saturated carbocycles. The highest BCUT2D eigenvalue weighted by atomic mass is 16.2. The maximum atomic E-state index is 12.4. The van der Waals surface area contributed by atoms with Gasteiger partial charge in [0, 0.05) is 46.7 Å². The van der Waals surface area contributed by atoms with Crippen LogP contribution >= 0.6 is 0 Å². The smallest absolute Gasteiger partial charge is 0.255 e. The van der Waals surface area contributed by atoms with Gasteiger partial charge in [-0.2, -0.15) is 0 Å². The van der Waals surface area contributed by atoms with E-state index in [4.69, 9.17) is 0 Å². The number of benzene rings is 4. The molecule has 202 valence electrons. The SMILES string of the molecule is Cc1cccc(C(=O)Nc2ccc(NC(=O)CCC(=O)Nc3ccc(NC(=O)c4cccc(C)c4)cc3)cc2)c1. The van der Waals surface area contributed by atoms with E-state index < -0.39 is 0 Å². The van der Waals surface area contributed by atoms with E-state index >= 15 is 0 Å². The quantitative estimate of drug-likeness (QED) is 0.206. The molecule has 0 atom stereocenters. The van der Waals surface area contributed by atoms with Crippen molar-refractivity contribution in [1.82, 2.24) is 0 Å². The number of aryl methyl sites for hydroxylation is 2. The summed E-state index contributed by atoms with van der Waals surface area (Å²) in [5.74, 6) is -1.04. The molecule has 8 heteroatoms. The molecule has 0 aliphatic heterocycles. The Balaban J connectivity index is 1.20. The molecule has 0 aliphatic rings. The predicted molar refractivity (Wildman–Crippen MR) is 158 cm³/mol. The lowest BCUT2D eigenvalue weighted by Crippen LogP contribution is -2.17. The molecule has 0 fully saturated rings. The van der Waals surface area contributed by atoms with E-state index in [0.29, 0.717) is 33.9 Å². The second-order valence-corrected chi connectivity index (χ2v) is 9.40. The minimum absolute atomic E-state index is 0.00229. The molecular formula is C32H30N4O4. The predicted octanol–water partition coefficient (Wildman–Crippen LogP) is 6.17. The van der Waals surface area contributed by atoms with Crippen LogP contribution in [-0.4, -0.2) is 23.6 Å². The summed E-state index contributed by atoms with van der Waals surface area (Å²) in [4.78, 5) is 49.5. The summed E-state index contributed by atoms with van der Waals surface area (Å²) in [7, 11) is 0. The summed E-state index contributed by atoms with van der Waals surface area (Å²) in [6.07, 6.45) is 0.00459. The molecule has 4 N–H and O–H groups in total. The van der Waals surface area contributed by atoms with Gasteiger partial charge in [0.15, 0.2) is 0 Å². The Kier molecular flexibility index (Phi) is 9.04. The number of hydrogen-bond donors (Lipinski definition) is 4. The minimum Gasteiger partial charge on any atom is -0.326 e. The van der Waals surface area contributed by atoms with Crippen LogP contribution in [-0.2, 0) is 9.59 Å². The van der Waals surface area contributed by atoms with E-state index in [9.17, 15) is 19.2 Å². The summed E-state index contributed by atoms with van der Waals surface area (Å²) in [5.41, 5.74) is 5.44. The molecule has 0 radical (unpaired) electrons. The van der Waals surface area contributed by atoms with Crippen LogP contribution in [0.1, 0.15) is 44.7 Å². The maximum absolute atomic E-state index is 12.4. The van der Waals surface area contributed by atoms with E-state index in [1.165, 1.54) is 0 Å². The molecule has 40 heavy (non-hydrogen) atoms. The normalized spacial score (nSPS) is 10.3. The fraction of sp³-hybridized carbons (Fsp3) is 0.125. The first kappa shape index (κ1) is 27.8. The first-order chi connectivity index (χ1) is 19.2. The van der Waals surface area contributed by atoms with E-state index in [0.717, 1.165) is 11.1 Å². The Hall–Kier alpha value is -5.24. The Morgan fingerprint density at radius 2 is 0.800 bits per heavy atom. The number of nitrogens with one attached hydrogen (secondary N) is 4.